The Balaban J connectivity index is 2.70. The Kier molecular flexibility index (Phi) is 4.63. The molecule has 0 aliphatic carbocycles. The summed E-state index contributed by atoms with van der Waals surface area (Å²) in [5, 5.41) is 0. The van der Waals surface area contributed by atoms with Gasteiger partial charge in [0.05, 0.1) is 4.83 Å². The molecule has 0 aromatic heterocycles. The Hall–Kier alpha value is -0.0500. The summed E-state index contributed by atoms with van der Waals surface area (Å²) >= 11 is 3.45. The van der Waals surface area contributed by atoms with E-state index in [4.69, 9.17) is 0 Å². The Morgan fingerprint density at radius 2 is 2.07 bits per heavy atom. The minimum absolute atomic E-state index is 0.00236. The minimum Gasteiger partial charge on any atom is -0.338 e. The molecule has 1 aliphatic heterocycles. The van der Waals surface area contributed by atoms with E-state index in [2.05, 4.69) is 41.6 Å². The van der Waals surface area contributed by atoms with Crippen LogP contribution in [0.4, 0.5) is 0 Å². The zero-order chi connectivity index (χ0) is 11.6. The first-order valence-electron chi connectivity index (χ1n) is 5.91. The summed E-state index contributed by atoms with van der Waals surface area (Å²) < 4.78 is 0. The monoisotopic (exact) mass is 275 g/mol. The van der Waals surface area contributed by atoms with Crippen molar-refractivity contribution in [3.63, 3.8) is 0 Å². The van der Waals surface area contributed by atoms with Gasteiger partial charge in [0.2, 0.25) is 5.91 Å². The van der Waals surface area contributed by atoms with E-state index in [9.17, 15) is 4.79 Å². The summed E-state index contributed by atoms with van der Waals surface area (Å²) in [5.74, 6) is 1.52. The molecule has 0 saturated carbocycles. The number of carbonyl (C=O) groups is 1. The van der Waals surface area contributed by atoms with E-state index in [1.165, 1.54) is 6.42 Å². The second-order valence-electron chi connectivity index (χ2n) is 4.93. The van der Waals surface area contributed by atoms with Crippen molar-refractivity contribution in [3.05, 3.63) is 0 Å². The summed E-state index contributed by atoms with van der Waals surface area (Å²) in [6.45, 7) is 9.61. The van der Waals surface area contributed by atoms with Crippen molar-refractivity contribution in [3.8, 4) is 0 Å². The molecule has 0 bridgehead atoms. The van der Waals surface area contributed by atoms with Crippen molar-refractivity contribution < 1.29 is 4.79 Å². The highest BCUT2D eigenvalue weighted by Gasteiger charge is 2.33. The lowest BCUT2D eigenvalue weighted by atomic mass is 9.86. The van der Waals surface area contributed by atoms with Gasteiger partial charge in [-0.15, -0.1) is 0 Å². The lowest BCUT2D eigenvalue weighted by Crippen LogP contribution is -2.51. The highest BCUT2D eigenvalue weighted by Crippen LogP contribution is 2.28. The van der Waals surface area contributed by atoms with Crippen molar-refractivity contribution in [1.82, 2.24) is 4.90 Å². The van der Waals surface area contributed by atoms with Gasteiger partial charge in [0.15, 0.2) is 0 Å². The van der Waals surface area contributed by atoms with Crippen molar-refractivity contribution >= 4 is 21.8 Å². The molecule has 4 atom stereocenters. The number of amides is 1. The SMILES string of the molecule is CCC(Br)C(=O)N1CC(C)CC(C)C1C. The van der Waals surface area contributed by atoms with Crippen LogP contribution in [0.1, 0.15) is 40.5 Å². The van der Waals surface area contributed by atoms with Crippen LogP contribution in [-0.2, 0) is 4.79 Å². The number of alkyl halides is 1. The Bertz CT molecular complexity index is 232. The van der Waals surface area contributed by atoms with Gasteiger partial charge in [-0.25, -0.2) is 0 Å². The zero-order valence-corrected chi connectivity index (χ0v) is 11.8. The van der Waals surface area contributed by atoms with Gasteiger partial charge < -0.3 is 4.90 Å². The normalized spacial score (nSPS) is 33.9. The van der Waals surface area contributed by atoms with E-state index < -0.39 is 0 Å². The van der Waals surface area contributed by atoms with Crippen molar-refractivity contribution in [2.24, 2.45) is 11.8 Å². The quantitative estimate of drug-likeness (QED) is 0.710. The molecule has 1 heterocycles. The Labute approximate surface area is 102 Å². The number of likely N-dealkylation sites (tertiary alicyclic amines) is 1. The first kappa shape index (κ1) is 13.0. The fourth-order valence-electron chi connectivity index (χ4n) is 2.36. The predicted molar refractivity (Wildman–Crippen MR) is 67.1 cm³/mol. The molecule has 0 spiro atoms. The highest BCUT2D eigenvalue weighted by molar-refractivity contribution is 9.10. The van der Waals surface area contributed by atoms with Crippen LogP contribution < -0.4 is 0 Å². The third-order valence-corrected chi connectivity index (χ3v) is 4.55. The molecule has 1 amide bonds. The third-order valence-electron chi connectivity index (χ3n) is 3.51. The molecule has 4 unspecified atom stereocenters. The van der Waals surface area contributed by atoms with Gasteiger partial charge in [-0.3, -0.25) is 4.79 Å². The van der Waals surface area contributed by atoms with Crippen LogP contribution in [0.5, 0.6) is 0 Å². The molecule has 1 fully saturated rings. The average molecular weight is 276 g/mol. The molecular weight excluding hydrogens is 254 g/mol. The summed E-state index contributed by atoms with van der Waals surface area (Å²) in [7, 11) is 0. The maximum atomic E-state index is 12.1. The van der Waals surface area contributed by atoms with Gasteiger partial charge in [-0.1, -0.05) is 36.7 Å². The van der Waals surface area contributed by atoms with Crippen LogP contribution >= 0.6 is 15.9 Å². The van der Waals surface area contributed by atoms with Crippen molar-refractivity contribution in [2.75, 3.05) is 6.54 Å². The van der Waals surface area contributed by atoms with Crippen molar-refractivity contribution in [2.45, 2.75) is 51.4 Å². The number of hydrogen-bond acceptors (Lipinski definition) is 1. The largest absolute Gasteiger partial charge is 0.338 e. The first-order chi connectivity index (χ1) is 6.97. The van der Waals surface area contributed by atoms with Crippen LogP contribution in [-0.4, -0.2) is 28.2 Å². The number of rotatable bonds is 2. The van der Waals surface area contributed by atoms with Gasteiger partial charge in [0.1, 0.15) is 0 Å². The molecule has 1 rings (SSSR count). The first-order valence-corrected chi connectivity index (χ1v) is 6.83. The molecule has 0 radical (unpaired) electrons. The van der Waals surface area contributed by atoms with Crippen LogP contribution in [0.25, 0.3) is 0 Å². The summed E-state index contributed by atoms with van der Waals surface area (Å²) in [4.78, 5) is 14.2. The summed E-state index contributed by atoms with van der Waals surface area (Å²) in [6, 6.07) is 0.389. The topological polar surface area (TPSA) is 20.3 Å². The van der Waals surface area contributed by atoms with Gasteiger partial charge >= 0.3 is 0 Å². The maximum Gasteiger partial charge on any atom is 0.236 e. The average Bonchev–Trinajstić information content (AvgIpc) is 2.21. The maximum absolute atomic E-state index is 12.1. The molecule has 0 aromatic carbocycles. The molecule has 0 N–H and O–H groups in total. The minimum atomic E-state index is -0.00236. The fourth-order valence-corrected chi connectivity index (χ4v) is 2.62. The second-order valence-corrected chi connectivity index (χ2v) is 6.03. The number of carbonyl (C=O) groups excluding carboxylic acids is 1. The van der Waals surface area contributed by atoms with Gasteiger partial charge in [-0.05, 0) is 31.6 Å². The zero-order valence-electron chi connectivity index (χ0n) is 10.2. The fraction of sp³-hybridized carbons (Fsp3) is 0.917. The molecule has 0 aromatic rings. The second kappa shape index (κ2) is 5.33. The Morgan fingerprint density at radius 3 is 2.60 bits per heavy atom. The van der Waals surface area contributed by atoms with Gasteiger partial charge in [0.25, 0.3) is 0 Å². The highest BCUT2D eigenvalue weighted by atomic mass is 79.9. The molecule has 1 saturated heterocycles. The summed E-state index contributed by atoms with van der Waals surface area (Å²) in [5.41, 5.74) is 0. The van der Waals surface area contributed by atoms with E-state index in [1.54, 1.807) is 0 Å². The number of hydrogen-bond donors (Lipinski definition) is 0. The number of halogens is 1. The van der Waals surface area contributed by atoms with Crippen LogP contribution in [0.2, 0.25) is 0 Å². The molecule has 88 valence electrons. The van der Waals surface area contributed by atoms with E-state index in [-0.39, 0.29) is 10.7 Å². The van der Waals surface area contributed by atoms with E-state index in [1.807, 2.05) is 6.92 Å². The van der Waals surface area contributed by atoms with Crippen LogP contribution in [0.3, 0.4) is 0 Å². The molecular formula is C12H22BrNO. The smallest absolute Gasteiger partial charge is 0.236 e. The summed E-state index contributed by atoms with van der Waals surface area (Å²) in [6.07, 6.45) is 2.11. The lowest BCUT2D eigenvalue weighted by molar-refractivity contribution is -0.136. The number of nitrogens with zero attached hydrogens (tertiary/aromatic N) is 1. The van der Waals surface area contributed by atoms with E-state index >= 15 is 0 Å². The van der Waals surface area contributed by atoms with Gasteiger partial charge in [-0.2, -0.15) is 0 Å². The van der Waals surface area contributed by atoms with E-state index in [0.717, 1.165) is 13.0 Å². The van der Waals surface area contributed by atoms with Crippen molar-refractivity contribution in [1.29, 1.82) is 0 Å². The standard InChI is InChI=1S/C12H22BrNO/c1-5-11(13)12(15)14-7-8(2)6-9(3)10(14)4/h8-11H,5-7H2,1-4H3. The third kappa shape index (κ3) is 2.96. The van der Waals surface area contributed by atoms with Gasteiger partial charge in [0, 0.05) is 12.6 Å². The lowest BCUT2D eigenvalue weighted by Gasteiger charge is -2.41. The number of piperidine rings is 1. The van der Waals surface area contributed by atoms with E-state index in [0.29, 0.717) is 17.9 Å². The molecule has 2 nitrogen and oxygen atoms in total. The van der Waals surface area contributed by atoms with Crippen LogP contribution in [0, 0.1) is 11.8 Å². The van der Waals surface area contributed by atoms with Crippen LogP contribution in [0.15, 0.2) is 0 Å². The molecule has 15 heavy (non-hydrogen) atoms. The molecule has 3 heteroatoms. The Morgan fingerprint density at radius 1 is 1.47 bits per heavy atom. The predicted octanol–water partition coefficient (Wildman–Crippen LogP) is 3.05. The molecule has 1 aliphatic rings.